The molecular weight excluding hydrogens is 581 g/mol. The molecule has 1 aliphatic heterocycles. The zero-order chi connectivity index (χ0) is 32.9. The third kappa shape index (κ3) is 11.1. The van der Waals surface area contributed by atoms with E-state index in [1.807, 2.05) is 31.2 Å². The first kappa shape index (κ1) is 34.3. The van der Waals surface area contributed by atoms with Crippen molar-refractivity contribution >= 4 is 40.9 Å². The number of piperidine rings is 1. The number of Topliss-reactive ketones (excluding diaryl/α,β-unsaturated/α-hetero) is 1. The first-order valence-corrected chi connectivity index (χ1v) is 14.3. The molecule has 0 aromatic heterocycles. The van der Waals surface area contributed by atoms with Crippen molar-refractivity contribution in [3.8, 4) is 0 Å². The molecule has 10 nitrogen and oxygen atoms in total. The second-order valence-corrected chi connectivity index (χ2v) is 10.5. The molecule has 0 saturated carbocycles. The number of aliphatic carboxylic acids is 2. The first-order valence-electron chi connectivity index (χ1n) is 14.3. The average molecular weight is 618 g/mol. The molecule has 3 N–H and O–H groups in total. The van der Waals surface area contributed by atoms with Crippen LogP contribution in [0, 0.1) is 18.7 Å². The summed E-state index contributed by atoms with van der Waals surface area (Å²) in [5, 5.41) is 18.3. The highest BCUT2D eigenvalue weighted by molar-refractivity contribution is 6.06. The number of amides is 2. The van der Waals surface area contributed by atoms with Crippen LogP contribution in [0.3, 0.4) is 0 Å². The van der Waals surface area contributed by atoms with E-state index >= 15 is 0 Å². The van der Waals surface area contributed by atoms with Crippen LogP contribution in [0.15, 0.2) is 84.9 Å². The fraction of sp³-hybridized carbons (Fsp3) is 0.265. The van der Waals surface area contributed by atoms with Crippen LogP contribution in [0.5, 0.6) is 0 Å². The molecule has 1 fully saturated rings. The summed E-state index contributed by atoms with van der Waals surface area (Å²) >= 11 is 0. The maximum Gasteiger partial charge on any atom is 0.328 e. The van der Waals surface area contributed by atoms with Gasteiger partial charge >= 0.3 is 11.9 Å². The standard InChI is InChI=1S/C30H32FN3O3.C4H4O4/c1-21-3-13-28(14-4-21)34(30(37)25-7-11-27(12-8-25)32-22(2)35)20-19-33-17-15-24(16-18-33)29(36)23-5-9-26(31)10-6-23;5-3(6)1-2-4(7)8/h3-14,24H,15-20H2,1-2H3,(H,32,35);1-2H,(H,5,6)(H,7,8)/b;2-1+. The highest BCUT2D eigenvalue weighted by atomic mass is 19.1. The lowest BCUT2D eigenvalue weighted by atomic mass is 9.89. The molecule has 0 bridgehead atoms. The summed E-state index contributed by atoms with van der Waals surface area (Å²) in [5.41, 5.74) is 3.68. The van der Waals surface area contributed by atoms with Crippen LogP contribution in [0.1, 0.15) is 46.0 Å². The molecule has 0 atom stereocenters. The van der Waals surface area contributed by atoms with E-state index in [1.54, 1.807) is 41.3 Å². The third-order valence-corrected chi connectivity index (χ3v) is 7.14. The molecular formula is C34H36FN3O7. The predicted octanol–water partition coefficient (Wildman–Crippen LogP) is 5.05. The number of nitrogens with one attached hydrogen (secondary N) is 1. The number of hydrogen-bond donors (Lipinski definition) is 3. The molecule has 1 saturated heterocycles. The summed E-state index contributed by atoms with van der Waals surface area (Å²) in [7, 11) is 0. The Hall–Kier alpha value is -5.16. The van der Waals surface area contributed by atoms with Gasteiger partial charge in [0.1, 0.15) is 5.82 Å². The van der Waals surface area contributed by atoms with E-state index < -0.39 is 11.9 Å². The summed E-state index contributed by atoms with van der Waals surface area (Å²) < 4.78 is 13.2. The van der Waals surface area contributed by atoms with Crippen molar-refractivity contribution in [2.24, 2.45) is 5.92 Å². The van der Waals surface area contributed by atoms with E-state index in [2.05, 4.69) is 10.2 Å². The van der Waals surface area contributed by atoms with E-state index in [0.29, 0.717) is 42.1 Å². The topological polar surface area (TPSA) is 144 Å². The highest BCUT2D eigenvalue weighted by Gasteiger charge is 2.27. The number of carbonyl (C=O) groups excluding carboxylic acids is 3. The second kappa shape index (κ2) is 16.6. The van der Waals surface area contributed by atoms with Gasteiger partial charge in [-0.1, -0.05) is 17.7 Å². The third-order valence-electron chi connectivity index (χ3n) is 7.14. The molecule has 4 rings (SSSR count). The lowest BCUT2D eigenvalue weighted by Crippen LogP contribution is -2.42. The van der Waals surface area contributed by atoms with E-state index in [4.69, 9.17) is 10.2 Å². The van der Waals surface area contributed by atoms with Gasteiger partial charge in [-0.3, -0.25) is 14.4 Å². The van der Waals surface area contributed by atoms with Crippen molar-refractivity contribution in [2.75, 3.05) is 36.4 Å². The van der Waals surface area contributed by atoms with Crippen LogP contribution in [0.25, 0.3) is 0 Å². The summed E-state index contributed by atoms with van der Waals surface area (Å²) in [6, 6.07) is 20.5. The monoisotopic (exact) mass is 617 g/mol. The molecule has 3 aromatic rings. The van der Waals surface area contributed by atoms with Crippen molar-refractivity contribution in [3.63, 3.8) is 0 Å². The number of ketones is 1. The number of carbonyl (C=O) groups is 5. The fourth-order valence-electron chi connectivity index (χ4n) is 4.78. The molecule has 0 aliphatic carbocycles. The molecule has 1 aliphatic rings. The number of likely N-dealkylation sites (tertiary alicyclic amines) is 1. The minimum absolute atomic E-state index is 0.0684. The quantitative estimate of drug-likeness (QED) is 0.212. The molecule has 2 amide bonds. The van der Waals surface area contributed by atoms with Gasteiger partial charge in [0.15, 0.2) is 5.78 Å². The van der Waals surface area contributed by atoms with Crippen molar-refractivity contribution in [3.05, 3.63) is 107 Å². The lowest BCUT2D eigenvalue weighted by Gasteiger charge is -2.33. The average Bonchev–Trinajstić information content (AvgIpc) is 3.01. The fourth-order valence-corrected chi connectivity index (χ4v) is 4.78. The summed E-state index contributed by atoms with van der Waals surface area (Å²) in [6.07, 6.45) is 2.59. The number of carboxylic acid groups (broad SMARTS) is 2. The number of halogens is 1. The Morgan fingerprint density at radius 3 is 1.89 bits per heavy atom. The van der Waals surface area contributed by atoms with Crippen LogP contribution in [-0.2, 0) is 14.4 Å². The smallest absolute Gasteiger partial charge is 0.328 e. The minimum atomic E-state index is -1.26. The van der Waals surface area contributed by atoms with Gasteiger partial charge in [0.05, 0.1) is 0 Å². The number of nitrogens with zero attached hydrogens (tertiary/aromatic N) is 2. The van der Waals surface area contributed by atoms with Crippen molar-refractivity contribution in [1.29, 1.82) is 0 Å². The summed E-state index contributed by atoms with van der Waals surface area (Å²) in [5.74, 6) is -3.14. The molecule has 0 unspecified atom stereocenters. The van der Waals surface area contributed by atoms with Crippen LogP contribution in [-0.4, -0.2) is 70.8 Å². The maximum absolute atomic E-state index is 13.5. The Kier molecular flexibility index (Phi) is 12.7. The van der Waals surface area contributed by atoms with Crippen molar-refractivity contribution < 1.29 is 38.6 Å². The van der Waals surface area contributed by atoms with Gasteiger partial charge in [-0.25, -0.2) is 14.0 Å². The summed E-state index contributed by atoms with van der Waals surface area (Å²) in [6.45, 7) is 6.17. The Morgan fingerprint density at radius 2 is 1.38 bits per heavy atom. The summed E-state index contributed by atoms with van der Waals surface area (Å²) in [4.78, 5) is 60.8. The maximum atomic E-state index is 13.5. The molecule has 3 aromatic carbocycles. The number of aryl methyl sites for hydroxylation is 1. The van der Waals surface area contributed by atoms with Gasteiger partial charge in [-0.15, -0.1) is 0 Å². The SMILES string of the molecule is CC(=O)Nc1ccc(C(=O)N(CCN2CCC(C(=O)c3ccc(F)cc3)CC2)c2ccc(C)cc2)cc1.O=C(O)/C=C/C(=O)O. The van der Waals surface area contributed by atoms with Crippen LogP contribution < -0.4 is 10.2 Å². The number of hydrogen-bond acceptors (Lipinski definition) is 6. The Bertz CT molecular complexity index is 1500. The molecule has 0 spiro atoms. The number of rotatable bonds is 10. The van der Waals surface area contributed by atoms with Gasteiger partial charge in [-0.2, -0.15) is 0 Å². The highest BCUT2D eigenvalue weighted by Crippen LogP contribution is 2.24. The molecule has 45 heavy (non-hydrogen) atoms. The van der Waals surface area contributed by atoms with Crippen LogP contribution >= 0.6 is 0 Å². The Balaban J connectivity index is 0.000000610. The minimum Gasteiger partial charge on any atom is -0.478 e. The number of anilines is 2. The largest absolute Gasteiger partial charge is 0.478 e. The molecule has 236 valence electrons. The van der Waals surface area contributed by atoms with Gasteiger partial charge < -0.3 is 25.3 Å². The lowest BCUT2D eigenvalue weighted by molar-refractivity contribution is -0.134. The molecule has 11 heteroatoms. The van der Waals surface area contributed by atoms with Crippen LogP contribution in [0.4, 0.5) is 15.8 Å². The number of carboxylic acids is 2. The second-order valence-electron chi connectivity index (χ2n) is 10.5. The van der Waals surface area contributed by atoms with Gasteiger partial charge in [-0.05, 0) is 93.5 Å². The zero-order valence-corrected chi connectivity index (χ0v) is 25.1. The van der Waals surface area contributed by atoms with E-state index in [-0.39, 0.29) is 29.3 Å². The van der Waals surface area contributed by atoms with Crippen LogP contribution in [0.2, 0.25) is 0 Å². The van der Waals surface area contributed by atoms with Crippen molar-refractivity contribution in [1.82, 2.24) is 4.90 Å². The Morgan fingerprint density at radius 1 is 0.844 bits per heavy atom. The van der Waals surface area contributed by atoms with E-state index in [0.717, 1.165) is 37.2 Å². The predicted molar refractivity (Wildman–Crippen MR) is 168 cm³/mol. The first-order chi connectivity index (χ1) is 21.4. The van der Waals surface area contributed by atoms with Gasteiger partial charge in [0.2, 0.25) is 5.91 Å². The van der Waals surface area contributed by atoms with E-state index in [1.165, 1.54) is 19.1 Å². The Labute approximate surface area is 260 Å². The van der Waals surface area contributed by atoms with Gasteiger partial charge in [0, 0.05) is 60.6 Å². The number of benzene rings is 3. The van der Waals surface area contributed by atoms with Crippen molar-refractivity contribution in [2.45, 2.75) is 26.7 Å². The van der Waals surface area contributed by atoms with E-state index in [9.17, 15) is 28.4 Å². The molecule has 1 heterocycles. The normalized spacial score (nSPS) is 13.4. The molecule has 0 radical (unpaired) electrons. The van der Waals surface area contributed by atoms with Gasteiger partial charge in [0.25, 0.3) is 5.91 Å². The zero-order valence-electron chi connectivity index (χ0n) is 25.1.